The molecule has 2 rings (SSSR count). The Morgan fingerprint density at radius 2 is 2.40 bits per heavy atom. The zero-order valence-corrected chi connectivity index (χ0v) is 9.26. The molecule has 4 heteroatoms. The standard InChI is InChI=1S/C11H12FNOS/c1-15-11-7-14-6-10(13-11)8-3-2-4-9(12)5-8/h2-5,10H,6-7H2,1H3. The second-order valence-electron chi connectivity index (χ2n) is 3.31. The molecule has 0 radical (unpaired) electrons. The third-order valence-corrected chi connectivity index (χ3v) is 2.96. The molecule has 1 unspecified atom stereocenters. The van der Waals surface area contributed by atoms with E-state index in [1.807, 2.05) is 12.3 Å². The number of rotatable bonds is 1. The number of hydrogen-bond acceptors (Lipinski definition) is 3. The summed E-state index contributed by atoms with van der Waals surface area (Å²) in [5.41, 5.74) is 0.876. The van der Waals surface area contributed by atoms with Gasteiger partial charge in [0.15, 0.2) is 0 Å². The minimum Gasteiger partial charge on any atom is -0.372 e. The molecule has 80 valence electrons. The first kappa shape index (κ1) is 10.6. The molecule has 1 aromatic rings. The Labute approximate surface area is 92.5 Å². The lowest BCUT2D eigenvalue weighted by Gasteiger charge is -2.20. The van der Waals surface area contributed by atoms with Crippen LogP contribution in [-0.4, -0.2) is 24.5 Å². The van der Waals surface area contributed by atoms with Gasteiger partial charge in [-0.2, -0.15) is 0 Å². The molecule has 0 aromatic heterocycles. The van der Waals surface area contributed by atoms with Crippen molar-refractivity contribution in [2.24, 2.45) is 4.99 Å². The number of halogens is 1. The van der Waals surface area contributed by atoms with Crippen LogP contribution < -0.4 is 0 Å². The van der Waals surface area contributed by atoms with E-state index in [0.29, 0.717) is 13.2 Å². The lowest BCUT2D eigenvalue weighted by Crippen LogP contribution is -2.18. The number of hydrogen-bond donors (Lipinski definition) is 0. The third kappa shape index (κ3) is 2.58. The molecule has 1 aliphatic rings. The van der Waals surface area contributed by atoms with Crippen molar-refractivity contribution in [2.75, 3.05) is 19.5 Å². The van der Waals surface area contributed by atoms with Crippen LogP contribution in [0, 0.1) is 5.82 Å². The van der Waals surface area contributed by atoms with Gasteiger partial charge in [-0.05, 0) is 24.0 Å². The summed E-state index contributed by atoms with van der Waals surface area (Å²) in [6.07, 6.45) is 1.97. The molecule has 1 heterocycles. The van der Waals surface area contributed by atoms with Gasteiger partial charge in [-0.15, -0.1) is 11.8 Å². The van der Waals surface area contributed by atoms with Crippen LogP contribution in [0.3, 0.4) is 0 Å². The molecule has 1 atom stereocenters. The molecule has 0 spiro atoms. The Hall–Kier alpha value is -0.870. The minimum absolute atomic E-state index is 0.0584. The fourth-order valence-electron chi connectivity index (χ4n) is 1.50. The van der Waals surface area contributed by atoms with Crippen molar-refractivity contribution < 1.29 is 9.13 Å². The summed E-state index contributed by atoms with van der Waals surface area (Å²) in [6, 6.07) is 6.47. The maximum Gasteiger partial charge on any atom is 0.123 e. The Bertz CT molecular complexity index is 381. The first-order chi connectivity index (χ1) is 7.29. The maximum atomic E-state index is 13.0. The molecule has 2 nitrogen and oxygen atoms in total. The number of thioether (sulfide) groups is 1. The molecular formula is C11H12FNOS. The van der Waals surface area contributed by atoms with Crippen LogP contribution in [0.1, 0.15) is 11.6 Å². The summed E-state index contributed by atoms with van der Waals surface area (Å²) in [4.78, 5) is 4.50. The quantitative estimate of drug-likeness (QED) is 0.733. The second kappa shape index (κ2) is 4.77. The number of aliphatic imine (C=N–C) groups is 1. The Morgan fingerprint density at radius 3 is 3.13 bits per heavy atom. The van der Waals surface area contributed by atoms with Gasteiger partial charge < -0.3 is 4.74 Å². The highest BCUT2D eigenvalue weighted by Gasteiger charge is 2.17. The van der Waals surface area contributed by atoms with Crippen LogP contribution in [0.15, 0.2) is 29.3 Å². The monoisotopic (exact) mass is 225 g/mol. The fourth-order valence-corrected chi connectivity index (χ4v) is 1.94. The molecule has 0 saturated carbocycles. The largest absolute Gasteiger partial charge is 0.372 e. The lowest BCUT2D eigenvalue weighted by molar-refractivity contribution is 0.146. The smallest absolute Gasteiger partial charge is 0.123 e. The highest BCUT2D eigenvalue weighted by Crippen LogP contribution is 2.23. The Kier molecular flexibility index (Phi) is 3.38. The Balaban J connectivity index is 2.23. The first-order valence-electron chi connectivity index (χ1n) is 4.73. The molecular weight excluding hydrogens is 213 g/mol. The van der Waals surface area contributed by atoms with E-state index in [1.165, 1.54) is 12.1 Å². The van der Waals surface area contributed by atoms with Gasteiger partial charge in [0, 0.05) is 0 Å². The van der Waals surface area contributed by atoms with E-state index in [9.17, 15) is 4.39 Å². The van der Waals surface area contributed by atoms with Gasteiger partial charge in [-0.1, -0.05) is 12.1 Å². The average molecular weight is 225 g/mol. The Morgan fingerprint density at radius 1 is 1.53 bits per heavy atom. The van der Waals surface area contributed by atoms with Crippen molar-refractivity contribution in [3.05, 3.63) is 35.6 Å². The fraction of sp³-hybridized carbons (Fsp3) is 0.364. The summed E-state index contributed by atoms with van der Waals surface area (Å²) < 4.78 is 18.4. The second-order valence-corrected chi connectivity index (χ2v) is 4.19. The van der Waals surface area contributed by atoms with Crippen LogP contribution >= 0.6 is 11.8 Å². The van der Waals surface area contributed by atoms with E-state index in [2.05, 4.69) is 4.99 Å². The van der Waals surface area contributed by atoms with Gasteiger partial charge in [0.1, 0.15) is 5.82 Å². The van der Waals surface area contributed by atoms with Gasteiger partial charge in [0.25, 0.3) is 0 Å². The molecule has 0 aliphatic carbocycles. The number of benzene rings is 1. The van der Waals surface area contributed by atoms with Crippen molar-refractivity contribution >= 4 is 16.8 Å². The van der Waals surface area contributed by atoms with E-state index in [-0.39, 0.29) is 11.9 Å². The topological polar surface area (TPSA) is 21.6 Å². The third-order valence-electron chi connectivity index (χ3n) is 2.27. The lowest BCUT2D eigenvalue weighted by atomic mass is 10.1. The summed E-state index contributed by atoms with van der Waals surface area (Å²) in [5.74, 6) is -0.223. The highest BCUT2D eigenvalue weighted by atomic mass is 32.2. The van der Waals surface area contributed by atoms with Crippen LogP contribution in [0.5, 0.6) is 0 Å². The molecule has 0 fully saturated rings. The molecule has 1 aliphatic heterocycles. The van der Waals surface area contributed by atoms with Crippen LogP contribution in [0.25, 0.3) is 0 Å². The van der Waals surface area contributed by atoms with Crippen molar-refractivity contribution in [3.8, 4) is 0 Å². The summed E-state index contributed by atoms with van der Waals surface area (Å²) >= 11 is 1.58. The summed E-state index contributed by atoms with van der Waals surface area (Å²) in [7, 11) is 0. The molecule has 15 heavy (non-hydrogen) atoms. The SMILES string of the molecule is CSC1=NC(c2cccc(F)c2)COC1. The average Bonchev–Trinajstić information content (AvgIpc) is 2.29. The van der Waals surface area contributed by atoms with Crippen LogP contribution in [0.2, 0.25) is 0 Å². The highest BCUT2D eigenvalue weighted by molar-refractivity contribution is 8.13. The number of nitrogens with zero attached hydrogens (tertiary/aromatic N) is 1. The van der Waals surface area contributed by atoms with Gasteiger partial charge >= 0.3 is 0 Å². The molecule has 0 N–H and O–H groups in total. The number of ether oxygens (including phenoxy) is 1. The zero-order valence-electron chi connectivity index (χ0n) is 8.44. The van der Waals surface area contributed by atoms with Gasteiger partial charge in [-0.25, -0.2) is 4.39 Å². The summed E-state index contributed by atoms with van der Waals surface area (Å²) in [6.45, 7) is 1.11. The predicted molar refractivity (Wildman–Crippen MR) is 60.9 cm³/mol. The molecule has 0 saturated heterocycles. The normalized spacial score (nSPS) is 21.2. The molecule has 1 aromatic carbocycles. The van der Waals surface area contributed by atoms with Crippen LogP contribution in [0.4, 0.5) is 4.39 Å². The van der Waals surface area contributed by atoms with Gasteiger partial charge in [0.05, 0.1) is 24.3 Å². The van der Waals surface area contributed by atoms with E-state index >= 15 is 0 Å². The van der Waals surface area contributed by atoms with E-state index in [0.717, 1.165) is 10.6 Å². The van der Waals surface area contributed by atoms with Crippen molar-refractivity contribution in [2.45, 2.75) is 6.04 Å². The molecule has 0 bridgehead atoms. The van der Waals surface area contributed by atoms with E-state index in [1.54, 1.807) is 17.8 Å². The van der Waals surface area contributed by atoms with E-state index < -0.39 is 0 Å². The van der Waals surface area contributed by atoms with Gasteiger partial charge in [-0.3, -0.25) is 4.99 Å². The first-order valence-corrected chi connectivity index (χ1v) is 5.96. The minimum atomic E-state index is -0.223. The maximum absolute atomic E-state index is 13.0. The van der Waals surface area contributed by atoms with Gasteiger partial charge in [0.2, 0.25) is 0 Å². The predicted octanol–water partition coefficient (Wildman–Crippen LogP) is 2.66. The molecule has 0 amide bonds. The zero-order chi connectivity index (χ0) is 10.7. The van der Waals surface area contributed by atoms with Crippen molar-refractivity contribution in [3.63, 3.8) is 0 Å². The summed E-state index contributed by atoms with van der Waals surface area (Å²) in [5, 5.41) is 0.968. The van der Waals surface area contributed by atoms with Crippen molar-refractivity contribution in [1.82, 2.24) is 0 Å². The van der Waals surface area contributed by atoms with Crippen molar-refractivity contribution in [1.29, 1.82) is 0 Å². The van der Waals surface area contributed by atoms with E-state index in [4.69, 9.17) is 4.74 Å². The van der Waals surface area contributed by atoms with Crippen LogP contribution in [-0.2, 0) is 4.74 Å².